The van der Waals surface area contributed by atoms with E-state index in [1.54, 1.807) is 0 Å². The van der Waals surface area contributed by atoms with Gasteiger partial charge in [-0.15, -0.1) is 0 Å². The van der Waals surface area contributed by atoms with Gasteiger partial charge in [-0.25, -0.2) is 0 Å². The number of H-pyrrole nitrogens is 1. The molecule has 2 N–H and O–H groups in total. The zero-order valence-corrected chi connectivity index (χ0v) is 14.7. The summed E-state index contributed by atoms with van der Waals surface area (Å²) in [5, 5.41) is 12.6. The summed E-state index contributed by atoms with van der Waals surface area (Å²) < 4.78 is 11.8. The second kappa shape index (κ2) is 6.27. The molecule has 6 heteroatoms. The van der Waals surface area contributed by atoms with Gasteiger partial charge in [0.2, 0.25) is 5.88 Å². The van der Waals surface area contributed by atoms with E-state index in [0.717, 1.165) is 47.5 Å². The van der Waals surface area contributed by atoms with E-state index < -0.39 is 0 Å². The number of aromatic amines is 1. The summed E-state index contributed by atoms with van der Waals surface area (Å²) in [4.78, 5) is 4.67. The lowest BCUT2D eigenvalue weighted by atomic mass is 9.99. The summed E-state index contributed by atoms with van der Waals surface area (Å²) in [7, 11) is 0. The van der Waals surface area contributed by atoms with Gasteiger partial charge in [0.25, 0.3) is 0 Å². The number of rotatable bonds is 4. The maximum atomic E-state index is 5.98. The number of aryl methyl sites for hydroxylation is 2. The van der Waals surface area contributed by atoms with Crippen LogP contribution < -0.4 is 14.8 Å². The average molecular weight is 338 g/mol. The van der Waals surface area contributed by atoms with Crippen LogP contribution in [0.2, 0.25) is 0 Å². The largest absolute Gasteiger partial charge is 0.493 e. The fourth-order valence-electron chi connectivity index (χ4n) is 3.15. The van der Waals surface area contributed by atoms with E-state index in [-0.39, 0.29) is 6.10 Å². The highest BCUT2D eigenvalue weighted by Gasteiger charge is 2.18. The molecule has 0 fully saturated rings. The summed E-state index contributed by atoms with van der Waals surface area (Å²) in [5.41, 5.74) is 2.22. The molecular formula is C19H22N4O2. The number of nitrogens with zero attached hydrogens (tertiary/aromatic N) is 2. The number of nitrogens with one attached hydrogen (secondary N) is 2. The van der Waals surface area contributed by atoms with E-state index in [2.05, 4.69) is 26.6 Å². The molecule has 1 aliphatic rings. The van der Waals surface area contributed by atoms with Crippen molar-refractivity contribution < 1.29 is 9.47 Å². The first-order valence-electron chi connectivity index (χ1n) is 8.65. The van der Waals surface area contributed by atoms with Crippen molar-refractivity contribution in [1.29, 1.82) is 0 Å². The van der Waals surface area contributed by atoms with Crippen LogP contribution in [0.3, 0.4) is 0 Å². The Morgan fingerprint density at radius 2 is 2.08 bits per heavy atom. The number of anilines is 2. The Balaban J connectivity index is 1.85. The second-order valence-electron chi connectivity index (χ2n) is 6.63. The zero-order valence-electron chi connectivity index (χ0n) is 14.7. The van der Waals surface area contributed by atoms with Crippen LogP contribution in [0, 0.1) is 6.92 Å². The summed E-state index contributed by atoms with van der Waals surface area (Å²) in [6.07, 6.45) is 2.07. The molecule has 6 nitrogen and oxygen atoms in total. The minimum Gasteiger partial charge on any atom is -0.493 e. The van der Waals surface area contributed by atoms with Gasteiger partial charge >= 0.3 is 0 Å². The predicted octanol–water partition coefficient (Wildman–Crippen LogP) is 4.12. The van der Waals surface area contributed by atoms with Gasteiger partial charge in [0.1, 0.15) is 11.6 Å². The SMILES string of the molecule is Cc1cc(Nc2cc3c4c(ccc3c(OC(C)C)n2)OCCC4)n[nH]1. The predicted molar refractivity (Wildman–Crippen MR) is 97.9 cm³/mol. The molecule has 0 amide bonds. The number of benzene rings is 1. The van der Waals surface area contributed by atoms with Crippen molar-refractivity contribution in [1.82, 2.24) is 15.2 Å². The van der Waals surface area contributed by atoms with E-state index in [0.29, 0.717) is 11.7 Å². The minimum atomic E-state index is 0.0471. The van der Waals surface area contributed by atoms with Crippen LogP contribution in [0.5, 0.6) is 11.6 Å². The molecule has 1 aliphatic heterocycles. The average Bonchev–Trinajstić information content (AvgIpc) is 2.99. The topological polar surface area (TPSA) is 72.1 Å². The molecule has 3 heterocycles. The number of hydrogen-bond acceptors (Lipinski definition) is 5. The van der Waals surface area contributed by atoms with Gasteiger partial charge in [-0.05, 0) is 57.2 Å². The van der Waals surface area contributed by atoms with Crippen molar-refractivity contribution in [3.8, 4) is 11.6 Å². The number of aromatic nitrogens is 3. The third-order valence-corrected chi connectivity index (χ3v) is 4.19. The van der Waals surface area contributed by atoms with Gasteiger partial charge in [-0.3, -0.25) is 5.10 Å². The molecule has 1 aromatic carbocycles. The first kappa shape index (κ1) is 15.7. The van der Waals surface area contributed by atoms with E-state index in [9.17, 15) is 0 Å². The maximum Gasteiger partial charge on any atom is 0.223 e. The molecule has 2 aromatic heterocycles. The fourth-order valence-corrected chi connectivity index (χ4v) is 3.15. The summed E-state index contributed by atoms with van der Waals surface area (Å²) >= 11 is 0. The quantitative estimate of drug-likeness (QED) is 0.748. The highest BCUT2D eigenvalue weighted by atomic mass is 16.5. The van der Waals surface area contributed by atoms with Gasteiger partial charge in [0, 0.05) is 22.7 Å². The highest BCUT2D eigenvalue weighted by Crippen LogP contribution is 2.37. The number of pyridine rings is 1. The van der Waals surface area contributed by atoms with Gasteiger partial charge in [-0.1, -0.05) is 0 Å². The lowest BCUT2D eigenvalue weighted by Crippen LogP contribution is -2.11. The second-order valence-corrected chi connectivity index (χ2v) is 6.63. The molecule has 0 spiro atoms. The van der Waals surface area contributed by atoms with Crippen LogP contribution >= 0.6 is 0 Å². The van der Waals surface area contributed by atoms with Crippen molar-refractivity contribution in [2.45, 2.75) is 39.7 Å². The Labute approximate surface area is 146 Å². The van der Waals surface area contributed by atoms with Crippen molar-refractivity contribution >= 4 is 22.4 Å². The monoisotopic (exact) mass is 338 g/mol. The van der Waals surface area contributed by atoms with Crippen molar-refractivity contribution in [3.05, 3.63) is 35.5 Å². The van der Waals surface area contributed by atoms with Gasteiger partial charge in [0.05, 0.1) is 12.7 Å². The summed E-state index contributed by atoms with van der Waals surface area (Å²) in [6, 6.07) is 8.06. The van der Waals surface area contributed by atoms with Crippen LogP contribution in [-0.2, 0) is 6.42 Å². The molecule has 0 saturated carbocycles. The number of ether oxygens (including phenoxy) is 2. The van der Waals surface area contributed by atoms with Crippen molar-refractivity contribution in [3.63, 3.8) is 0 Å². The Hall–Kier alpha value is -2.76. The maximum absolute atomic E-state index is 5.98. The highest BCUT2D eigenvalue weighted by molar-refractivity contribution is 5.93. The number of fused-ring (bicyclic) bond motifs is 3. The van der Waals surface area contributed by atoms with Crippen molar-refractivity contribution in [2.75, 3.05) is 11.9 Å². The van der Waals surface area contributed by atoms with Crippen LogP contribution in [-0.4, -0.2) is 27.9 Å². The lowest BCUT2D eigenvalue weighted by Gasteiger charge is -2.21. The first-order chi connectivity index (χ1) is 12.1. The molecule has 25 heavy (non-hydrogen) atoms. The van der Waals surface area contributed by atoms with Gasteiger partial charge in [-0.2, -0.15) is 10.1 Å². The Bertz CT molecular complexity index is 917. The van der Waals surface area contributed by atoms with E-state index >= 15 is 0 Å². The van der Waals surface area contributed by atoms with Crippen LogP contribution in [0.15, 0.2) is 24.3 Å². The Morgan fingerprint density at radius 1 is 1.20 bits per heavy atom. The molecule has 0 unspecified atom stereocenters. The molecule has 0 saturated heterocycles. The summed E-state index contributed by atoms with van der Waals surface area (Å²) in [5.74, 6) is 3.05. The van der Waals surface area contributed by atoms with E-state index in [1.807, 2.05) is 39.0 Å². The zero-order chi connectivity index (χ0) is 17.4. The third-order valence-electron chi connectivity index (χ3n) is 4.19. The minimum absolute atomic E-state index is 0.0471. The van der Waals surface area contributed by atoms with E-state index in [4.69, 9.17) is 9.47 Å². The molecule has 0 bridgehead atoms. The van der Waals surface area contributed by atoms with Gasteiger partial charge in [0.15, 0.2) is 5.82 Å². The standard InChI is InChI=1S/C19H22N4O2/c1-11(2)25-19-14-6-7-16-13(5-4-8-24-16)15(14)10-17(21-19)20-18-9-12(3)22-23-18/h6-7,9-11H,4-5,8H2,1-3H3,(H2,20,21,22,23). The van der Waals surface area contributed by atoms with Crippen LogP contribution in [0.25, 0.3) is 10.8 Å². The smallest absolute Gasteiger partial charge is 0.223 e. The molecule has 130 valence electrons. The molecular weight excluding hydrogens is 316 g/mol. The lowest BCUT2D eigenvalue weighted by molar-refractivity contribution is 0.236. The van der Waals surface area contributed by atoms with Crippen molar-refractivity contribution in [2.24, 2.45) is 0 Å². The molecule has 0 aliphatic carbocycles. The molecule has 0 atom stereocenters. The van der Waals surface area contributed by atoms with E-state index in [1.165, 1.54) is 5.56 Å². The van der Waals surface area contributed by atoms with Crippen LogP contribution in [0.4, 0.5) is 11.6 Å². The fraction of sp³-hybridized carbons (Fsp3) is 0.368. The third kappa shape index (κ3) is 3.12. The normalized spacial score (nSPS) is 13.6. The molecule has 3 aromatic rings. The number of hydrogen-bond donors (Lipinski definition) is 2. The molecule has 0 radical (unpaired) electrons. The van der Waals surface area contributed by atoms with Gasteiger partial charge < -0.3 is 14.8 Å². The molecule has 4 rings (SSSR count). The Kier molecular flexibility index (Phi) is 3.95. The Morgan fingerprint density at radius 3 is 2.84 bits per heavy atom. The summed E-state index contributed by atoms with van der Waals surface area (Å²) in [6.45, 7) is 6.75. The van der Waals surface area contributed by atoms with Crippen LogP contribution in [0.1, 0.15) is 31.5 Å². The first-order valence-corrected chi connectivity index (χ1v) is 8.65.